The zero-order chi connectivity index (χ0) is 13.4. The summed E-state index contributed by atoms with van der Waals surface area (Å²) in [6.45, 7) is 0. The molecule has 4 heteroatoms. The fourth-order valence-corrected chi connectivity index (χ4v) is 2.20. The van der Waals surface area contributed by atoms with E-state index in [0.29, 0.717) is 5.89 Å². The molecule has 0 aliphatic carbocycles. The molecule has 0 fully saturated rings. The molecule has 4 aromatic rings. The van der Waals surface area contributed by atoms with Gasteiger partial charge in [0.15, 0.2) is 5.58 Å². The Balaban J connectivity index is 1.84. The van der Waals surface area contributed by atoms with Gasteiger partial charge in [-0.3, -0.25) is 4.98 Å². The van der Waals surface area contributed by atoms with Crippen LogP contribution in [-0.4, -0.2) is 14.5 Å². The van der Waals surface area contributed by atoms with E-state index in [0.717, 1.165) is 22.4 Å². The summed E-state index contributed by atoms with van der Waals surface area (Å²) in [5.41, 5.74) is 3.56. The van der Waals surface area contributed by atoms with E-state index < -0.39 is 0 Å². The van der Waals surface area contributed by atoms with Crippen molar-refractivity contribution < 1.29 is 4.42 Å². The molecule has 0 amide bonds. The lowest BCUT2D eigenvalue weighted by atomic mass is 10.3. The molecule has 20 heavy (non-hydrogen) atoms. The molecule has 0 spiro atoms. The van der Waals surface area contributed by atoms with Crippen molar-refractivity contribution >= 4 is 11.1 Å². The van der Waals surface area contributed by atoms with Crippen LogP contribution in [0.1, 0.15) is 0 Å². The summed E-state index contributed by atoms with van der Waals surface area (Å²) in [7, 11) is 0. The molecule has 0 saturated heterocycles. The molecular weight excluding hydrogens is 250 g/mol. The minimum absolute atomic E-state index is 0.595. The zero-order valence-corrected chi connectivity index (χ0v) is 10.6. The molecule has 3 heterocycles. The van der Waals surface area contributed by atoms with E-state index in [1.54, 1.807) is 12.4 Å². The summed E-state index contributed by atoms with van der Waals surface area (Å²) in [5.74, 6) is 0.595. The van der Waals surface area contributed by atoms with Crippen molar-refractivity contribution in [2.45, 2.75) is 0 Å². The van der Waals surface area contributed by atoms with Gasteiger partial charge in [0.2, 0.25) is 5.89 Å². The first-order valence-electron chi connectivity index (χ1n) is 6.34. The quantitative estimate of drug-likeness (QED) is 0.553. The fourth-order valence-electron chi connectivity index (χ4n) is 2.20. The maximum Gasteiger partial charge on any atom is 0.228 e. The Labute approximate surface area is 115 Å². The monoisotopic (exact) mass is 261 g/mol. The van der Waals surface area contributed by atoms with Crippen LogP contribution in [-0.2, 0) is 0 Å². The molecule has 96 valence electrons. The normalized spacial score (nSPS) is 11.0. The minimum atomic E-state index is 0.595. The van der Waals surface area contributed by atoms with Crippen LogP contribution in [0.5, 0.6) is 0 Å². The lowest BCUT2D eigenvalue weighted by molar-refractivity contribution is 0.619. The molecule has 4 nitrogen and oxygen atoms in total. The van der Waals surface area contributed by atoms with Crippen LogP contribution in [0.15, 0.2) is 71.7 Å². The van der Waals surface area contributed by atoms with Gasteiger partial charge in [0.25, 0.3) is 0 Å². The first kappa shape index (κ1) is 11.0. The van der Waals surface area contributed by atoms with Gasteiger partial charge in [0.05, 0.1) is 5.56 Å². The molecule has 0 saturated carbocycles. The largest absolute Gasteiger partial charge is 0.436 e. The zero-order valence-electron chi connectivity index (χ0n) is 10.6. The van der Waals surface area contributed by atoms with Crippen LogP contribution >= 0.6 is 0 Å². The molecule has 0 unspecified atom stereocenters. The number of nitrogens with zero attached hydrogens (tertiary/aromatic N) is 3. The third-order valence-corrected chi connectivity index (χ3v) is 3.18. The summed E-state index contributed by atoms with van der Waals surface area (Å²) < 4.78 is 7.81. The first-order chi connectivity index (χ1) is 9.90. The number of oxazole rings is 1. The van der Waals surface area contributed by atoms with Crippen molar-refractivity contribution in [3.8, 4) is 17.1 Å². The van der Waals surface area contributed by atoms with Crippen LogP contribution in [0.25, 0.3) is 28.2 Å². The van der Waals surface area contributed by atoms with Gasteiger partial charge in [-0.2, -0.15) is 0 Å². The summed E-state index contributed by atoms with van der Waals surface area (Å²) in [6, 6.07) is 13.8. The summed E-state index contributed by atoms with van der Waals surface area (Å²) in [6.07, 6.45) is 7.49. The second kappa shape index (κ2) is 4.35. The van der Waals surface area contributed by atoms with Crippen LogP contribution in [0.4, 0.5) is 0 Å². The topological polar surface area (TPSA) is 43.9 Å². The molecule has 0 aliphatic heterocycles. The van der Waals surface area contributed by atoms with Crippen molar-refractivity contribution in [3.05, 3.63) is 67.3 Å². The Morgan fingerprint density at radius 3 is 2.70 bits per heavy atom. The molecular formula is C16H11N3O. The summed E-state index contributed by atoms with van der Waals surface area (Å²) >= 11 is 0. The van der Waals surface area contributed by atoms with Gasteiger partial charge >= 0.3 is 0 Å². The van der Waals surface area contributed by atoms with Gasteiger partial charge in [-0.15, -0.1) is 0 Å². The molecule has 0 aliphatic rings. The highest BCUT2D eigenvalue weighted by molar-refractivity contribution is 5.78. The fraction of sp³-hybridized carbons (Fsp3) is 0. The molecule has 1 aromatic carbocycles. The molecule has 4 rings (SSSR count). The van der Waals surface area contributed by atoms with Gasteiger partial charge in [0.1, 0.15) is 5.52 Å². The van der Waals surface area contributed by atoms with Crippen molar-refractivity contribution in [2.75, 3.05) is 0 Å². The third-order valence-electron chi connectivity index (χ3n) is 3.18. The van der Waals surface area contributed by atoms with E-state index in [4.69, 9.17) is 4.42 Å². The molecule has 0 atom stereocenters. The van der Waals surface area contributed by atoms with Gasteiger partial charge in [-0.25, -0.2) is 4.98 Å². The SMILES string of the molecule is c1cncc(-c2nc3cc(-n4cccc4)ccc3o2)c1. The number of benzene rings is 1. The highest BCUT2D eigenvalue weighted by atomic mass is 16.3. The van der Waals surface area contributed by atoms with E-state index in [1.807, 2.05) is 59.4 Å². The maximum absolute atomic E-state index is 5.77. The Morgan fingerprint density at radius 1 is 1.00 bits per heavy atom. The number of hydrogen-bond acceptors (Lipinski definition) is 3. The maximum atomic E-state index is 5.77. The minimum Gasteiger partial charge on any atom is -0.436 e. The number of rotatable bonds is 2. The van der Waals surface area contributed by atoms with E-state index >= 15 is 0 Å². The number of fused-ring (bicyclic) bond motifs is 1. The Bertz CT molecular complexity index is 848. The second-order valence-electron chi connectivity index (χ2n) is 4.50. The van der Waals surface area contributed by atoms with Crippen molar-refractivity contribution in [1.29, 1.82) is 0 Å². The number of hydrogen-bond donors (Lipinski definition) is 0. The van der Waals surface area contributed by atoms with Gasteiger partial charge in [0, 0.05) is 30.5 Å². The number of pyridine rings is 1. The molecule has 0 radical (unpaired) electrons. The van der Waals surface area contributed by atoms with Gasteiger partial charge in [-0.05, 0) is 42.5 Å². The van der Waals surface area contributed by atoms with E-state index in [2.05, 4.69) is 9.97 Å². The molecule has 3 aromatic heterocycles. The van der Waals surface area contributed by atoms with E-state index in [-0.39, 0.29) is 0 Å². The van der Waals surface area contributed by atoms with Crippen molar-refractivity contribution in [2.24, 2.45) is 0 Å². The predicted molar refractivity (Wildman–Crippen MR) is 76.6 cm³/mol. The molecule has 0 N–H and O–H groups in total. The van der Waals surface area contributed by atoms with Crippen LogP contribution in [0, 0.1) is 0 Å². The Hall–Kier alpha value is -2.88. The highest BCUT2D eigenvalue weighted by Gasteiger charge is 2.09. The van der Waals surface area contributed by atoms with E-state index in [1.165, 1.54) is 0 Å². The van der Waals surface area contributed by atoms with Crippen LogP contribution in [0.2, 0.25) is 0 Å². The van der Waals surface area contributed by atoms with E-state index in [9.17, 15) is 0 Å². The summed E-state index contributed by atoms with van der Waals surface area (Å²) in [5, 5.41) is 0. The Morgan fingerprint density at radius 2 is 1.90 bits per heavy atom. The Kier molecular flexibility index (Phi) is 2.39. The van der Waals surface area contributed by atoms with Crippen molar-refractivity contribution in [1.82, 2.24) is 14.5 Å². The second-order valence-corrected chi connectivity index (χ2v) is 4.50. The average molecular weight is 261 g/mol. The van der Waals surface area contributed by atoms with Gasteiger partial charge < -0.3 is 8.98 Å². The average Bonchev–Trinajstić information content (AvgIpc) is 3.16. The van der Waals surface area contributed by atoms with Crippen molar-refractivity contribution in [3.63, 3.8) is 0 Å². The smallest absolute Gasteiger partial charge is 0.228 e. The third kappa shape index (κ3) is 1.78. The van der Waals surface area contributed by atoms with Gasteiger partial charge in [-0.1, -0.05) is 0 Å². The van der Waals surface area contributed by atoms with Crippen LogP contribution < -0.4 is 0 Å². The first-order valence-corrected chi connectivity index (χ1v) is 6.34. The number of aromatic nitrogens is 3. The van der Waals surface area contributed by atoms with Crippen LogP contribution in [0.3, 0.4) is 0 Å². The molecule has 0 bridgehead atoms. The summed E-state index contributed by atoms with van der Waals surface area (Å²) in [4.78, 5) is 8.62. The lowest BCUT2D eigenvalue weighted by Crippen LogP contribution is -1.88. The standard InChI is InChI=1S/C16H11N3O/c1-2-9-19(8-1)13-5-6-15-14(10-13)18-16(20-15)12-4-3-7-17-11-12/h1-11H. The lowest BCUT2D eigenvalue weighted by Gasteiger charge is -2.00. The predicted octanol–water partition coefficient (Wildman–Crippen LogP) is 3.68. The highest BCUT2D eigenvalue weighted by Crippen LogP contribution is 2.25.